The Hall–Kier alpha value is -1.85. The minimum absolute atomic E-state index is 0.0950. The number of esters is 1. The number of amides is 2. The number of hydrogen-bond acceptors (Lipinski definition) is 4. The quantitative estimate of drug-likeness (QED) is 0.569. The Kier molecular flexibility index (Phi) is 5.97. The van der Waals surface area contributed by atoms with Crippen molar-refractivity contribution in [1.82, 2.24) is 9.80 Å². The van der Waals surface area contributed by atoms with Crippen LogP contribution in [0.4, 0.5) is 0 Å². The summed E-state index contributed by atoms with van der Waals surface area (Å²) >= 11 is 0. The molecule has 6 heteroatoms. The molecule has 0 saturated carbocycles. The summed E-state index contributed by atoms with van der Waals surface area (Å²) < 4.78 is 5.43. The number of likely N-dealkylation sites (tertiary alicyclic amines) is 1. The van der Waals surface area contributed by atoms with Crippen LogP contribution in [0, 0.1) is 5.92 Å². The SMILES string of the molecule is C=CC(=O)N1CC[C@@H]1C(=O)N(C)[C@H](C(=O)OC(C)(C)C)C(C)C. The molecule has 130 valence electrons. The minimum Gasteiger partial charge on any atom is -0.458 e. The van der Waals surface area contributed by atoms with Crippen molar-refractivity contribution in [2.45, 2.75) is 58.7 Å². The largest absolute Gasteiger partial charge is 0.458 e. The highest BCUT2D eigenvalue weighted by Crippen LogP contribution is 2.23. The molecule has 0 unspecified atom stereocenters. The Labute approximate surface area is 138 Å². The first kappa shape index (κ1) is 19.2. The van der Waals surface area contributed by atoms with E-state index in [4.69, 9.17) is 4.74 Å². The van der Waals surface area contributed by atoms with Crippen molar-refractivity contribution < 1.29 is 19.1 Å². The first-order valence-corrected chi connectivity index (χ1v) is 7.92. The van der Waals surface area contributed by atoms with Crippen LogP contribution in [0.5, 0.6) is 0 Å². The van der Waals surface area contributed by atoms with Crippen LogP contribution in [0.3, 0.4) is 0 Å². The van der Waals surface area contributed by atoms with E-state index in [-0.39, 0.29) is 17.7 Å². The number of hydrogen-bond donors (Lipinski definition) is 0. The standard InChI is InChI=1S/C17H28N2O4/c1-8-13(20)19-10-9-12(19)15(21)18(7)14(11(2)3)16(22)23-17(4,5)6/h8,11-12,14H,1,9-10H2,2-7H3/t12-,14+/m1/s1. The first-order valence-electron chi connectivity index (χ1n) is 7.92. The van der Waals surface area contributed by atoms with Crippen LogP contribution >= 0.6 is 0 Å². The summed E-state index contributed by atoms with van der Waals surface area (Å²) in [7, 11) is 1.59. The number of rotatable bonds is 5. The van der Waals surface area contributed by atoms with Gasteiger partial charge in [-0.1, -0.05) is 20.4 Å². The van der Waals surface area contributed by atoms with E-state index in [1.807, 2.05) is 13.8 Å². The monoisotopic (exact) mass is 324 g/mol. The first-order chi connectivity index (χ1) is 10.5. The fourth-order valence-corrected chi connectivity index (χ4v) is 2.64. The zero-order valence-electron chi connectivity index (χ0n) is 15.0. The molecule has 23 heavy (non-hydrogen) atoms. The van der Waals surface area contributed by atoms with Crippen LogP contribution in [-0.4, -0.2) is 58.9 Å². The predicted octanol–water partition coefficient (Wildman–Crippen LogP) is 1.60. The van der Waals surface area contributed by atoms with Gasteiger partial charge in [-0.2, -0.15) is 0 Å². The highest BCUT2D eigenvalue weighted by Gasteiger charge is 2.42. The van der Waals surface area contributed by atoms with Gasteiger partial charge in [0.1, 0.15) is 17.7 Å². The maximum Gasteiger partial charge on any atom is 0.329 e. The van der Waals surface area contributed by atoms with Crippen molar-refractivity contribution in [2.75, 3.05) is 13.6 Å². The van der Waals surface area contributed by atoms with Crippen molar-refractivity contribution in [3.63, 3.8) is 0 Å². The summed E-state index contributed by atoms with van der Waals surface area (Å²) in [6, 6.07) is -1.20. The molecular formula is C17H28N2O4. The number of ether oxygens (including phenoxy) is 1. The number of likely N-dealkylation sites (N-methyl/N-ethyl adjacent to an activating group) is 1. The van der Waals surface area contributed by atoms with E-state index >= 15 is 0 Å². The van der Waals surface area contributed by atoms with Gasteiger partial charge in [-0.05, 0) is 39.2 Å². The van der Waals surface area contributed by atoms with Crippen LogP contribution in [0.1, 0.15) is 41.0 Å². The predicted molar refractivity (Wildman–Crippen MR) is 87.6 cm³/mol. The molecule has 1 aliphatic heterocycles. The molecule has 1 aliphatic rings. The second-order valence-electron chi connectivity index (χ2n) is 7.21. The Bertz CT molecular complexity index is 493. The second kappa shape index (κ2) is 7.15. The van der Waals surface area contributed by atoms with E-state index in [1.54, 1.807) is 27.8 Å². The third-order valence-electron chi connectivity index (χ3n) is 3.81. The molecule has 2 amide bonds. The molecule has 2 atom stereocenters. The van der Waals surface area contributed by atoms with Gasteiger partial charge in [-0.15, -0.1) is 0 Å². The molecule has 0 spiro atoms. The molecule has 0 bridgehead atoms. The molecule has 0 aromatic rings. The molecular weight excluding hydrogens is 296 g/mol. The zero-order chi connectivity index (χ0) is 17.9. The van der Waals surface area contributed by atoms with Gasteiger partial charge in [0.25, 0.3) is 0 Å². The fourth-order valence-electron chi connectivity index (χ4n) is 2.64. The summed E-state index contributed by atoms with van der Waals surface area (Å²) in [5.74, 6) is -1.02. The van der Waals surface area contributed by atoms with E-state index in [0.717, 1.165) is 0 Å². The van der Waals surface area contributed by atoms with Crippen LogP contribution < -0.4 is 0 Å². The normalized spacial score (nSPS) is 18.9. The maximum atomic E-state index is 12.7. The lowest BCUT2D eigenvalue weighted by Gasteiger charge is -2.42. The highest BCUT2D eigenvalue weighted by atomic mass is 16.6. The molecule has 1 saturated heterocycles. The third-order valence-corrected chi connectivity index (χ3v) is 3.81. The highest BCUT2D eigenvalue weighted by molar-refractivity contribution is 5.95. The van der Waals surface area contributed by atoms with Crippen molar-refractivity contribution in [3.05, 3.63) is 12.7 Å². The van der Waals surface area contributed by atoms with Crippen molar-refractivity contribution in [3.8, 4) is 0 Å². The van der Waals surface area contributed by atoms with Gasteiger partial charge < -0.3 is 14.5 Å². The zero-order valence-corrected chi connectivity index (χ0v) is 15.0. The average Bonchev–Trinajstić information content (AvgIpc) is 2.34. The molecule has 1 rings (SSSR count). The second-order valence-corrected chi connectivity index (χ2v) is 7.21. The van der Waals surface area contributed by atoms with Crippen LogP contribution in [0.15, 0.2) is 12.7 Å². The van der Waals surface area contributed by atoms with Gasteiger partial charge in [-0.25, -0.2) is 4.79 Å². The molecule has 0 aromatic carbocycles. The summed E-state index contributed by atoms with van der Waals surface area (Å²) in [5.41, 5.74) is -0.616. The van der Waals surface area contributed by atoms with E-state index in [2.05, 4.69) is 6.58 Å². The number of carbonyl (C=O) groups excluding carboxylic acids is 3. The Morgan fingerprint density at radius 2 is 1.87 bits per heavy atom. The lowest BCUT2D eigenvalue weighted by molar-refractivity contribution is -0.168. The molecule has 0 aliphatic carbocycles. The van der Waals surface area contributed by atoms with E-state index in [1.165, 1.54) is 15.9 Å². The van der Waals surface area contributed by atoms with Crippen LogP contribution in [0.25, 0.3) is 0 Å². The van der Waals surface area contributed by atoms with E-state index in [9.17, 15) is 14.4 Å². The lowest BCUT2D eigenvalue weighted by atomic mass is 9.97. The van der Waals surface area contributed by atoms with Gasteiger partial charge in [-0.3, -0.25) is 9.59 Å². The topological polar surface area (TPSA) is 66.9 Å². The van der Waals surface area contributed by atoms with E-state index in [0.29, 0.717) is 13.0 Å². The summed E-state index contributed by atoms with van der Waals surface area (Å²) in [4.78, 5) is 39.7. The number of nitrogens with zero attached hydrogens (tertiary/aromatic N) is 2. The van der Waals surface area contributed by atoms with Crippen LogP contribution in [0.2, 0.25) is 0 Å². The van der Waals surface area contributed by atoms with Crippen molar-refractivity contribution >= 4 is 17.8 Å². The van der Waals surface area contributed by atoms with Gasteiger partial charge >= 0.3 is 5.97 Å². The van der Waals surface area contributed by atoms with E-state index < -0.39 is 23.7 Å². The number of carbonyl (C=O) groups is 3. The molecule has 6 nitrogen and oxygen atoms in total. The minimum atomic E-state index is -0.678. The maximum absolute atomic E-state index is 12.7. The molecule has 0 N–H and O–H groups in total. The van der Waals surface area contributed by atoms with Crippen molar-refractivity contribution in [2.24, 2.45) is 5.92 Å². The molecule has 0 aromatic heterocycles. The Morgan fingerprint density at radius 3 is 2.22 bits per heavy atom. The van der Waals surface area contributed by atoms with Crippen molar-refractivity contribution in [1.29, 1.82) is 0 Å². The molecule has 1 fully saturated rings. The molecule has 1 heterocycles. The van der Waals surface area contributed by atoms with Gasteiger partial charge in [0, 0.05) is 13.6 Å². The van der Waals surface area contributed by atoms with Crippen LogP contribution in [-0.2, 0) is 19.1 Å². The smallest absolute Gasteiger partial charge is 0.329 e. The summed E-state index contributed by atoms with van der Waals surface area (Å²) in [5, 5.41) is 0. The molecule has 0 radical (unpaired) electrons. The Balaban J connectivity index is 2.87. The van der Waals surface area contributed by atoms with Gasteiger partial charge in [0.15, 0.2) is 0 Å². The lowest BCUT2D eigenvalue weighted by Crippen LogP contribution is -2.61. The third kappa shape index (κ3) is 4.56. The van der Waals surface area contributed by atoms with Gasteiger partial charge in [0.2, 0.25) is 11.8 Å². The Morgan fingerprint density at radius 1 is 1.30 bits per heavy atom. The fraction of sp³-hybridized carbons (Fsp3) is 0.706. The average molecular weight is 324 g/mol. The summed E-state index contributed by atoms with van der Waals surface area (Å²) in [6.07, 6.45) is 1.80. The summed E-state index contributed by atoms with van der Waals surface area (Å²) in [6.45, 7) is 13.1. The van der Waals surface area contributed by atoms with Gasteiger partial charge in [0.05, 0.1) is 0 Å².